The summed E-state index contributed by atoms with van der Waals surface area (Å²) in [6.07, 6.45) is 0. The van der Waals surface area contributed by atoms with E-state index in [0.29, 0.717) is 5.56 Å². The number of nitrogens with one attached hydrogen (secondary N) is 1. The van der Waals surface area contributed by atoms with Crippen LogP contribution in [0.4, 0.5) is 5.69 Å². The summed E-state index contributed by atoms with van der Waals surface area (Å²) in [5, 5.41) is 4.86. The van der Waals surface area contributed by atoms with Crippen LogP contribution in [0.5, 0.6) is 0 Å². The topological polar surface area (TPSA) is 29.1 Å². The van der Waals surface area contributed by atoms with Gasteiger partial charge in [-0.1, -0.05) is 46.3 Å². The van der Waals surface area contributed by atoms with Gasteiger partial charge in [0.1, 0.15) is 0 Å². The molecule has 0 aliphatic carbocycles. The van der Waals surface area contributed by atoms with E-state index in [-0.39, 0.29) is 0 Å². The Kier molecular flexibility index (Phi) is 4.69. The van der Waals surface area contributed by atoms with Crippen LogP contribution in [0.25, 0.3) is 10.8 Å². The lowest BCUT2D eigenvalue weighted by atomic mass is 10.00. The average Bonchev–Trinajstić information content (AvgIpc) is 2.53. The van der Waals surface area contributed by atoms with Crippen molar-refractivity contribution in [2.75, 3.05) is 5.32 Å². The van der Waals surface area contributed by atoms with Crippen molar-refractivity contribution >= 4 is 49.2 Å². The maximum Gasteiger partial charge on any atom is 0.253 e. The highest BCUT2D eigenvalue weighted by molar-refractivity contribution is 9.10. The second-order valence-electron chi connectivity index (χ2n) is 5.45. The van der Waals surface area contributed by atoms with Crippen LogP contribution in [0.2, 0.25) is 0 Å². The van der Waals surface area contributed by atoms with Crippen LogP contribution < -0.4 is 5.32 Å². The summed E-state index contributed by atoms with van der Waals surface area (Å²) in [5.74, 6) is 0. The van der Waals surface area contributed by atoms with E-state index in [2.05, 4.69) is 33.4 Å². The Morgan fingerprint density at radius 2 is 1.78 bits per heavy atom. The van der Waals surface area contributed by atoms with Crippen LogP contribution in [-0.2, 0) is 6.54 Å². The summed E-state index contributed by atoms with van der Waals surface area (Å²) in [7, 11) is 0. The van der Waals surface area contributed by atoms with E-state index < -0.39 is 5.24 Å². The minimum atomic E-state index is -0.418. The first kappa shape index (κ1) is 16.0. The zero-order valence-electron chi connectivity index (χ0n) is 12.6. The molecule has 0 spiro atoms. The van der Waals surface area contributed by atoms with E-state index >= 15 is 0 Å². The van der Waals surface area contributed by atoms with Crippen LogP contribution >= 0.6 is 27.5 Å². The third-order valence-electron chi connectivity index (χ3n) is 3.84. The fraction of sp³-hybridized carbons (Fsp3) is 0.105. The van der Waals surface area contributed by atoms with Crippen molar-refractivity contribution in [1.29, 1.82) is 0 Å². The quantitative estimate of drug-likeness (QED) is 0.564. The van der Waals surface area contributed by atoms with Gasteiger partial charge in [0.2, 0.25) is 0 Å². The van der Waals surface area contributed by atoms with Crippen molar-refractivity contribution in [2.45, 2.75) is 13.5 Å². The first-order valence-corrected chi connectivity index (χ1v) is 8.43. The molecule has 0 saturated carbocycles. The number of hydrogen-bond donors (Lipinski definition) is 1. The fourth-order valence-corrected chi connectivity index (χ4v) is 3.12. The third-order valence-corrected chi connectivity index (χ3v) is 4.55. The lowest BCUT2D eigenvalue weighted by molar-refractivity contribution is 0.108. The molecule has 0 aliphatic heterocycles. The van der Waals surface area contributed by atoms with E-state index in [4.69, 9.17) is 11.6 Å². The molecular weight excluding hydrogens is 374 g/mol. The van der Waals surface area contributed by atoms with Crippen molar-refractivity contribution in [3.8, 4) is 0 Å². The number of carbonyl (C=O) groups excluding carboxylic acids is 1. The van der Waals surface area contributed by atoms with Gasteiger partial charge < -0.3 is 5.32 Å². The van der Waals surface area contributed by atoms with Gasteiger partial charge in [-0.2, -0.15) is 0 Å². The minimum absolute atomic E-state index is 0.418. The smallest absolute Gasteiger partial charge is 0.253 e. The normalized spacial score (nSPS) is 10.7. The van der Waals surface area contributed by atoms with Crippen molar-refractivity contribution in [1.82, 2.24) is 0 Å². The zero-order chi connectivity index (χ0) is 16.4. The number of anilines is 1. The maximum absolute atomic E-state index is 11.7. The average molecular weight is 389 g/mol. The summed E-state index contributed by atoms with van der Waals surface area (Å²) >= 11 is 9.20. The Hall–Kier alpha value is -1.84. The molecule has 2 nitrogen and oxygen atoms in total. The summed E-state index contributed by atoms with van der Waals surface area (Å²) in [6.45, 7) is 2.62. The second-order valence-corrected chi connectivity index (χ2v) is 6.71. The first-order valence-electron chi connectivity index (χ1n) is 7.26. The van der Waals surface area contributed by atoms with Gasteiger partial charge in [-0.15, -0.1) is 0 Å². The van der Waals surface area contributed by atoms with Crippen molar-refractivity contribution < 1.29 is 4.79 Å². The molecule has 0 bridgehead atoms. The van der Waals surface area contributed by atoms with Crippen LogP contribution in [0, 0.1) is 6.92 Å². The molecule has 0 heterocycles. The number of fused-ring (bicyclic) bond motifs is 1. The molecule has 3 aromatic carbocycles. The number of benzene rings is 3. The summed E-state index contributed by atoms with van der Waals surface area (Å²) in [4.78, 5) is 11.7. The SMILES string of the molecule is Cc1ccc2ccc(NCc3ccc(Br)cc3)cc2c1C(=O)Cl. The van der Waals surface area contributed by atoms with Crippen molar-refractivity contribution in [2.24, 2.45) is 0 Å². The molecule has 0 amide bonds. The predicted molar refractivity (Wildman–Crippen MR) is 100 cm³/mol. The lowest BCUT2D eigenvalue weighted by Crippen LogP contribution is -2.00. The van der Waals surface area contributed by atoms with Crippen LogP contribution in [-0.4, -0.2) is 5.24 Å². The molecule has 0 fully saturated rings. The van der Waals surface area contributed by atoms with Crippen molar-refractivity contribution in [3.05, 3.63) is 75.8 Å². The van der Waals surface area contributed by atoms with E-state index in [1.54, 1.807) is 0 Å². The Balaban J connectivity index is 1.91. The Morgan fingerprint density at radius 1 is 1.09 bits per heavy atom. The molecule has 116 valence electrons. The van der Waals surface area contributed by atoms with Crippen LogP contribution in [0.3, 0.4) is 0 Å². The van der Waals surface area contributed by atoms with E-state index in [1.165, 1.54) is 5.56 Å². The molecule has 0 aromatic heterocycles. The molecule has 0 atom stereocenters. The zero-order valence-corrected chi connectivity index (χ0v) is 14.9. The number of carbonyl (C=O) groups is 1. The molecule has 0 radical (unpaired) electrons. The van der Waals surface area contributed by atoms with E-state index in [0.717, 1.165) is 33.0 Å². The van der Waals surface area contributed by atoms with Gasteiger partial charge in [0.25, 0.3) is 5.24 Å². The molecule has 3 aromatic rings. The molecule has 23 heavy (non-hydrogen) atoms. The fourth-order valence-electron chi connectivity index (χ4n) is 2.61. The molecule has 1 N–H and O–H groups in total. The van der Waals surface area contributed by atoms with E-state index in [1.807, 2.05) is 49.4 Å². The molecule has 0 saturated heterocycles. The van der Waals surface area contributed by atoms with Gasteiger partial charge in [0.05, 0.1) is 0 Å². The summed E-state index contributed by atoms with van der Waals surface area (Å²) in [5.41, 5.74) is 3.62. The van der Waals surface area contributed by atoms with Gasteiger partial charge in [-0.05, 0) is 64.7 Å². The van der Waals surface area contributed by atoms with E-state index in [9.17, 15) is 4.79 Å². The predicted octanol–water partition coefficient (Wildman–Crippen LogP) is 5.90. The summed E-state index contributed by atoms with van der Waals surface area (Å²) in [6, 6.07) is 18.1. The molecular formula is C19H15BrClNO. The Bertz CT molecular complexity index is 874. The highest BCUT2D eigenvalue weighted by Crippen LogP contribution is 2.27. The summed E-state index contributed by atoms with van der Waals surface area (Å²) < 4.78 is 1.06. The second kappa shape index (κ2) is 6.73. The van der Waals surface area contributed by atoms with Crippen LogP contribution in [0.1, 0.15) is 21.5 Å². The van der Waals surface area contributed by atoms with Gasteiger partial charge in [0, 0.05) is 22.3 Å². The lowest BCUT2D eigenvalue weighted by Gasteiger charge is -2.11. The highest BCUT2D eigenvalue weighted by atomic mass is 79.9. The van der Waals surface area contributed by atoms with Gasteiger partial charge >= 0.3 is 0 Å². The number of aryl methyl sites for hydroxylation is 1. The van der Waals surface area contributed by atoms with Crippen LogP contribution in [0.15, 0.2) is 59.1 Å². The van der Waals surface area contributed by atoms with Gasteiger partial charge in [-0.3, -0.25) is 4.79 Å². The largest absolute Gasteiger partial charge is 0.381 e. The number of hydrogen-bond acceptors (Lipinski definition) is 2. The number of halogens is 2. The Labute approximate surface area is 148 Å². The molecule has 0 unspecified atom stereocenters. The Morgan fingerprint density at radius 3 is 2.48 bits per heavy atom. The van der Waals surface area contributed by atoms with Gasteiger partial charge in [0.15, 0.2) is 0 Å². The first-order chi connectivity index (χ1) is 11.0. The molecule has 4 heteroatoms. The highest BCUT2D eigenvalue weighted by Gasteiger charge is 2.11. The number of rotatable bonds is 4. The van der Waals surface area contributed by atoms with Gasteiger partial charge in [-0.25, -0.2) is 0 Å². The standard InChI is InChI=1S/C19H15BrClNO/c1-12-2-5-14-6-9-16(10-17(14)18(12)19(21)23)22-11-13-3-7-15(20)8-4-13/h2-10,22H,11H2,1H3. The monoisotopic (exact) mass is 387 g/mol. The molecule has 0 aliphatic rings. The minimum Gasteiger partial charge on any atom is -0.381 e. The third kappa shape index (κ3) is 3.57. The van der Waals surface area contributed by atoms with Crippen molar-refractivity contribution in [3.63, 3.8) is 0 Å². The molecule has 3 rings (SSSR count). The maximum atomic E-state index is 11.7.